The predicted molar refractivity (Wildman–Crippen MR) is 155 cm³/mol. The molecule has 2 aromatic carbocycles. The van der Waals surface area contributed by atoms with Crippen LogP contribution in [0.25, 0.3) is 5.76 Å². The minimum Gasteiger partial charge on any atom is -0.507 e. The minimum atomic E-state index is -0.837. The van der Waals surface area contributed by atoms with Crippen LogP contribution in [0, 0.1) is 5.92 Å². The second-order valence-corrected chi connectivity index (χ2v) is 10.9. The number of nitrogens with zero attached hydrogens (tertiary/aromatic N) is 2. The molecule has 1 fully saturated rings. The Balaban J connectivity index is 1.60. The van der Waals surface area contributed by atoms with E-state index in [4.69, 9.17) is 14.2 Å². The van der Waals surface area contributed by atoms with Crippen molar-refractivity contribution in [2.24, 2.45) is 5.92 Å². The lowest BCUT2D eigenvalue weighted by molar-refractivity contribution is -0.140. The maximum Gasteiger partial charge on any atom is 0.295 e. The summed E-state index contributed by atoms with van der Waals surface area (Å²) < 4.78 is 17.8. The van der Waals surface area contributed by atoms with Crippen LogP contribution >= 0.6 is 0 Å². The Labute approximate surface area is 240 Å². The van der Waals surface area contributed by atoms with Gasteiger partial charge < -0.3 is 24.2 Å². The molecule has 8 heteroatoms. The van der Waals surface area contributed by atoms with Crippen LogP contribution in [0.3, 0.4) is 0 Å². The Bertz CT molecular complexity index is 1470. The highest BCUT2D eigenvalue weighted by atomic mass is 16.5. The molecule has 0 radical (unpaired) electrons. The summed E-state index contributed by atoms with van der Waals surface area (Å²) in [6, 6.07) is 13.6. The fourth-order valence-corrected chi connectivity index (χ4v) is 5.29. The van der Waals surface area contributed by atoms with Gasteiger partial charge in [-0.15, -0.1) is 0 Å². The quantitative estimate of drug-likeness (QED) is 0.190. The summed E-state index contributed by atoms with van der Waals surface area (Å²) in [5, 5.41) is 11.6. The highest BCUT2D eigenvalue weighted by Gasteiger charge is 2.46. The number of ketones is 1. The zero-order valence-corrected chi connectivity index (χ0v) is 23.9. The monoisotopic (exact) mass is 556 g/mol. The predicted octanol–water partition coefficient (Wildman–Crippen LogP) is 5.85. The molecule has 3 heterocycles. The fraction of sp³-hybridized carbons (Fsp3) is 0.364. The Hall–Kier alpha value is -4.33. The molecule has 41 heavy (non-hydrogen) atoms. The summed E-state index contributed by atoms with van der Waals surface area (Å²) in [7, 11) is 0. The molecule has 1 saturated heterocycles. The highest BCUT2D eigenvalue weighted by Crippen LogP contribution is 2.43. The first-order valence-electron chi connectivity index (χ1n) is 14.1. The van der Waals surface area contributed by atoms with Crippen LogP contribution in [0.15, 0.2) is 66.5 Å². The van der Waals surface area contributed by atoms with Gasteiger partial charge >= 0.3 is 0 Å². The smallest absolute Gasteiger partial charge is 0.295 e. The van der Waals surface area contributed by atoms with Crippen LogP contribution < -0.4 is 14.2 Å². The molecule has 214 valence electrons. The molecular weight excluding hydrogens is 520 g/mol. The maximum atomic E-state index is 13.6. The van der Waals surface area contributed by atoms with Crippen molar-refractivity contribution in [3.63, 3.8) is 0 Å². The van der Waals surface area contributed by atoms with E-state index in [0.717, 1.165) is 23.3 Å². The summed E-state index contributed by atoms with van der Waals surface area (Å²) in [6.45, 7) is 9.26. The second-order valence-electron chi connectivity index (χ2n) is 10.9. The van der Waals surface area contributed by atoms with Crippen molar-refractivity contribution < 1.29 is 28.9 Å². The van der Waals surface area contributed by atoms with E-state index in [1.165, 1.54) is 4.90 Å². The molecule has 0 bridgehead atoms. The Morgan fingerprint density at radius 2 is 1.85 bits per heavy atom. The first-order valence-corrected chi connectivity index (χ1v) is 14.1. The number of aromatic nitrogens is 1. The summed E-state index contributed by atoms with van der Waals surface area (Å²) >= 11 is 0. The number of rotatable bonds is 10. The van der Waals surface area contributed by atoms with E-state index in [9.17, 15) is 14.7 Å². The zero-order chi connectivity index (χ0) is 29.1. The number of amides is 1. The van der Waals surface area contributed by atoms with Crippen LogP contribution in [-0.2, 0) is 22.6 Å². The molecule has 1 N–H and O–H groups in total. The molecule has 2 aliphatic heterocycles. The van der Waals surface area contributed by atoms with Gasteiger partial charge in [-0.2, -0.15) is 0 Å². The number of aliphatic hydroxyl groups excluding tert-OH is 1. The average Bonchev–Trinajstić information content (AvgIpc) is 3.45. The van der Waals surface area contributed by atoms with Crippen molar-refractivity contribution in [3.8, 4) is 17.2 Å². The molecular formula is C33H36N2O6. The topological polar surface area (TPSA) is 98.2 Å². The number of fused-ring (bicyclic) bond motifs is 1. The van der Waals surface area contributed by atoms with Gasteiger partial charge in [0.25, 0.3) is 11.7 Å². The van der Waals surface area contributed by atoms with Gasteiger partial charge in [-0.25, -0.2) is 0 Å². The van der Waals surface area contributed by atoms with Crippen LogP contribution in [0.1, 0.15) is 62.4 Å². The van der Waals surface area contributed by atoms with Crippen LogP contribution in [-0.4, -0.2) is 46.0 Å². The van der Waals surface area contributed by atoms with Crippen molar-refractivity contribution in [1.82, 2.24) is 9.88 Å². The second kappa shape index (κ2) is 12.0. The van der Waals surface area contributed by atoms with Crippen LogP contribution in [0.5, 0.6) is 17.2 Å². The Morgan fingerprint density at radius 1 is 1.07 bits per heavy atom. The fourth-order valence-electron chi connectivity index (χ4n) is 5.29. The number of Topliss-reactive ketones (excluding diaryl/α,β-unsaturated/α-hetero) is 1. The number of hydrogen-bond acceptors (Lipinski definition) is 7. The molecule has 1 amide bonds. The molecule has 1 aromatic heterocycles. The summed E-state index contributed by atoms with van der Waals surface area (Å²) in [5.41, 5.74) is 2.90. The third kappa shape index (κ3) is 5.92. The first kappa shape index (κ1) is 28.2. The van der Waals surface area contributed by atoms with Crippen LogP contribution in [0.4, 0.5) is 0 Å². The number of ether oxygens (including phenoxy) is 3. The van der Waals surface area contributed by atoms with Gasteiger partial charge in [0.2, 0.25) is 0 Å². The zero-order valence-electron chi connectivity index (χ0n) is 23.9. The average molecular weight is 557 g/mol. The number of aliphatic hydroxyl groups is 1. The first-order chi connectivity index (χ1) is 19.8. The van der Waals surface area contributed by atoms with Crippen molar-refractivity contribution in [3.05, 3.63) is 88.8 Å². The molecule has 0 spiro atoms. The van der Waals surface area contributed by atoms with Crippen molar-refractivity contribution in [2.75, 3.05) is 13.2 Å². The third-order valence-electron chi connectivity index (χ3n) is 7.35. The molecule has 0 saturated carbocycles. The van der Waals surface area contributed by atoms with E-state index < -0.39 is 17.7 Å². The van der Waals surface area contributed by atoms with E-state index in [0.29, 0.717) is 48.2 Å². The molecule has 8 nitrogen and oxygen atoms in total. The van der Waals surface area contributed by atoms with Gasteiger partial charge in [-0.1, -0.05) is 19.9 Å². The lowest BCUT2D eigenvalue weighted by atomic mass is 9.94. The number of hydrogen-bond donors (Lipinski definition) is 1. The number of benzene rings is 2. The molecule has 0 unspecified atom stereocenters. The number of carbonyl (C=O) groups is 2. The summed E-state index contributed by atoms with van der Waals surface area (Å²) in [5.74, 6) is 0.735. The molecule has 0 aliphatic carbocycles. The molecule has 2 atom stereocenters. The van der Waals surface area contributed by atoms with Gasteiger partial charge in [0.1, 0.15) is 17.6 Å². The number of pyridine rings is 1. The van der Waals surface area contributed by atoms with Gasteiger partial charge in [0, 0.05) is 30.9 Å². The standard InChI is InChI=1S/C33H36N2O6/c1-5-39-28-18-23(6-9-27(28)40-15-12-20(2)3)30-29(31(36)24-7-8-26-25(17-24)16-21(4)41-26)32(37)33(38)35(30)19-22-10-13-34-14-11-22/h6-11,13-14,17-18,20-21,30,36H,5,12,15-16,19H2,1-4H3/b31-29+/t21-,30-/m0/s1. The molecule has 3 aromatic rings. The summed E-state index contributed by atoms with van der Waals surface area (Å²) in [4.78, 5) is 32.6. The Morgan fingerprint density at radius 3 is 2.59 bits per heavy atom. The van der Waals surface area contributed by atoms with E-state index in [1.54, 1.807) is 48.8 Å². The van der Waals surface area contributed by atoms with Crippen molar-refractivity contribution >= 4 is 17.4 Å². The van der Waals surface area contributed by atoms with Gasteiger partial charge in [-0.05, 0) is 85.3 Å². The summed E-state index contributed by atoms with van der Waals surface area (Å²) in [6.07, 6.45) is 4.92. The largest absolute Gasteiger partial charge is 0.507 e. The molecule has 5 rings (SSSR count). The Kier molecular flexibility index (Phi) is 8.28. The SMILES string of the molecule is CCOc1cc([C@H]2/C(=C(\O)c3ccc4c(c3)C[C@H](C)O4)C(=O)C(=O)N2Cc2ccncc2)ccc1OCCC(C)C. The number of likely N-dealkylation sites (tertiary alicyclic amines) is 1. The van der Waals surface area contributed by atoms with Gasteiger partial charge in [0.05, 0.1) is 24.8 Å². The minimum absolute atomic E-state index is 0.0339. The van der Waals surface area contributed by atoms with Crippen molar-refractivity contribution in [2.45, 2.75) is 59.2 Å². The lowest BCUT2D eigenvalue weighted by Gasteiger charge is -2.26. The highest BCUT2D eigenvalue weighted by molar-refractivity contribution is 6.46. The van der Waals surface area contributed by atoms with E-state index in [-0.39, 0.29) is 24.0 Å². The number of carbonyl (C=O) groups excluding carboxylic acids is 2. The third-order valence-corrected chi connectivity index (χ3v) is 7.35. The van der Waals surface area contributed by atoms with E-state index >= 15 is 0 Å². The van der Waals surface area contributed by atoms with Gasteiger partial charge in [0.15, 0.2) is 11.5 Å². The van der Waals surface area contributed by atoms with E-state index in [1.807, 2.05) is 26.0 Å². The van der Waals surface area contributed by atoms with Crippen LogP contribution in [0.2, 0.25) is 0 Å². The maximum absolute atomic E-state index is 13.6. The van der Waals surface area contributed by atoms with Crippen molar-refractivity contribution in [1.29, 1.82) is 0 Å². The lowest BCUT2D eigenvalue weighted by Crippen LogP contribution is -2.29. The van der Waals surface area contributed by atoms with E-state index in [2.05, 4.69) is 18.8 Å². The molecule has 2 aliphatic rings. The normalized spacial score (nSPS) is 19.4. The van der Waals surface area contributed by atoms with Gasteiger partial charge in [-0.3, -0.25) is 14.6 Å².